The Balaban J connectivity index is 2.60. The second-order valence-electron chi connectivity index (χ2n) is 7.84. The summed E-state index contributed by atoms with van der Waals surface area (Å²) >= 11 is 0. The molecule has 0 unspecified atom stereocenters. The van der Waals surface area contributed by atoms with Crippen LogP contribution in [0.1, 0.15) is 57.6 Å². The average molecular weight is 363 g/mol. The van der Waals surface area contributed by atoms with E-state index in [1.807, 2.05) is 12.1 Å². The Labute approximate surface area is 157 Å². The Kier molecular flexibility index (Phi) is 9.96. The van der Waals surface area contributed by atoms with Crippen molar-refractivity contribution < 1.29 is 14.3 Å². The maximum atomic E-state index is 12.1. The first-order valence-corrected chi connectivity index (χ1v) is 9.51. The molecular formula is C21H34N2O3. The molecule has 0 aliphatic rings. The van der Waals surface area contributed by atoms with Gasteiger partial charge in [-0.1, -0.05) is 45.4 Å². The smallest absolute Gasteiger partial charge is 0.257 e. The van der Waals surface area contributed by atoms with Gasteiger partial charge in [-0.05, 0) is 48.8 Å². The van der Waals surface area contributed by atoms with Crippen molar-refractivity contribution in [2.24, 2.45) is 11.1 Å². The van der Waals surface area contributed by atoms with Crippen LogP contribution in [0.4, 0.5) is 0 Å². The Morgan fingerprint density at radius 3 is 2.58 bits per heavy atom. The van der Waals surface area contributed by atoms with E-state index in [0.29, 0.717) is 19.5 Å². The summed E-state index contributed by atoms with van der Waals surface area (Å²) in [6.45, 7) is 7.72. The first kappa shape index (κ1) is 22.2. The van der Waals surface area contributed by atoms with E-state index in [4.69, 9.17) is 10.5 Å². The monoisotopic (exact) mass is 362 g/mol. The van der Waals surface area contributed by atoms with Gasteiger partial charge in [0.1, 0.15) is 12.0 Å². The molecule has 0 saturated heterocycles. The van der Waals surface area contributed by atoms with E-state index in [2.05, 4.69) is 32.2 Å². The van der Waals surface area contributed by atoms with Gasteiger partial charge >= 0.3 is 0 Å². The van der Waals surface area contributed by atoms with E-state index in [0.717, 1.165) is 55.3 Å². The van der Waals surface area contributed by atoms with Crippen LogP contribution < -0.4 is 15.8 Å². The number of nitrogens with one attached hydrogen (secondary N) is 1. The number of unbranched alkanes of at least 4 members (excludes halogenated alkanes) is 3. The Hall–Kier alpha value is -1.88. The molecule has 0 aliphatic heterocycles. The van der Waals surface area contributed by atoms with Gasteiger partial charge in [-0.25, -0.2) is 0 Å². The normalized spacial score (nSPS) is 11.2. The zero-order chi connectivity index (χ0) is 19.4. The van der Waals surface area contributed by atoms with E-state index >= 15 is 0 Å². The van der Waals surface area contributed by atoms with Gasteiger partial charge in [-0.2, -0.15) is 0 Å². The molecule has 1 rings (SSSR count). The van der Waals surface area contributed by atoms with Crippen molar-refractivity contribution in [1.82, 2.24) is 5.32 Å². The lowest BCUT2D eigenvalue weighted by Crippen LogP contribution is -2.30. The van der Waals surface area contributed by atoms with E-state index < -0.39 is 0 Å². The summed E-state index contributed by atoms with van der Waals surface area (Å²) in [6, 6.07) is 6.10. The number of rotatable bonds is 12. The first-order valence-electron chi connectivity index (χ1n) is 9.51. The molecule has 0 atom stereocenters. The highest BCUT2D eigenvalue weighted by atomic mass is 16.5. The van der Waals surface area contributed by atoms with E-state index in [9.17, 15) is 9.59 Å². The predicted octanol–water partition coefficient (Wildman–Crippen LogP) is 3.03. The maximum Gasteiger partial charge on any atom is 0.257 e. The molecule has 1 aromatic rings. The lowest BCUT2D eigenvalue weighted by molar-refractivity contribution is -0.123. The van der Waals surface area contributed by atoms with Crippen LogP contribution in [0.2, 0.25) is 0 Å². The second-order valence-corrected chi connectivity index (χ2v) is 7.84. The van der Waals surface area contributed by atoms with Gasteiger partial charge in [-0.3, -0.25) is 4.79 Å². The summed E-state index contributed by atoms with van der Waals surface area (Å²) in [4.78, 5) is 22.3. The van der Waals surface area contributed by atoms with Gasteiger partial charge in [0.05, 0.1) is 0 Å². The van der Waals surface area contributed by atoms with Crippen molar-refractivity contribution in [2.45, 2.75) is 59.3 Å². The van der Waals surface area contributed by atoms with Crippen LogP contribution in [-0.2, 0) is 22.4 Å². The number of hydrogen-bond donors (Lipinski definition) is 2. The summed E-state index contributed by atoms with van der Waals surface area (Å²) < 4.78 is 5.91. The van der Waals surface area contributed by atoms with Crippen LogP contribution in [0, 0.1) is 5.41 Å². The van der Waals surface area contributed by atoms with E-state index in [1.54, 1.807) is 0 Å². The number of ether oxygens (including phenoxy) is 1. The van der Waals surface area contributed by atoms with Crippen LogP contribution in [0.5, 0.6) is 5.75 Å². The molecule has 3 N–H and O–H groups in total. The van der Waals surface area contributed by atoms with Gasteiger partial charge in [0.15, 0.2) is 6.61 Å². The number of aldehydes is 1. The second kappa shape index (κ2) is 11.7. The third kappa shape index (κ3) is 8.99. The minimum absolute atomic E-state index is 0.00701. The maximum absolute atomic E-state index is 12.1. The molecule has 26 heavy (non-hydrogen) atoms. The molecule has 5 nitrogen and oxygen atoms in total. The Morgan fingerprint density at radius 1 is 1.19 bits per heavy atom. The topological polar surface area (TPSA) is 81.4 Å². The third-order valence-electron chi connectivity index (χ3n) is 3.98. The van der Waals surface area contributed by atoms with Crippen molar-refractivity contribution in [3.05, 3.63) is 29.3 Å². The van der Waals surface area contributed by atoms with Gasteiger partial charge in [0, 0.05) is 13.0 Å². The van der Waals surface area contributed by atoms with Crippen LogP contribution in [-0.4, -0.2) is 31.9 Å². The van der Waals surface area contributed by atoms with Gasteiger partial charge in [0.2, 0.25) is 0 Å². The summed E-state index contributed by atoms with van der Waals surface area (Å²) in [5.74, 6) is 0.679. The van der Waals surface area contributed by atoms with Crippen molar-refractivity contribution in [3.8, 4) is 5.75 Å². The number of amides is 1. The summed E-state index contributed by atoms with van der Waals surface area (Å²) in [6.07, 6.45) is 5.81. The fourth-order valence-corrected chi connectivity index (χ4v) is 2.83. The standard InChI is InChI=1S/C21H34N2O3/c1-21(2,3)15-18-10-8-9-17(11-12-22)20(18)26-16-19(25)23-13-6-4-5-7-14-24/h8-10,14H,4-7,11-13,15-16,22H2,1-3H3,(H,23,25). The lowest BCUT2D eigenvalue weighted by atomic mass is 9.87. The molecule has 0 saturated carbocycles. The number of hydrogen-bond acceptors (Lipinski definition) is 4. The number of benzene rings is 1. The molecule has 0 fully saturated rings. The summed E-state index contributed by atoms with van der Waals surface area (Å²) in [5, 5.41) is 2.87. The molecule has 5 heteroatoms. The van der Waals surface area contributed by atoms with Gasteiger partial charge < -0.3 is 20.6 Å². The number of para-hydroxylation sites is 1. The predicted molar refractivity (Wildman–Crippen MR) is 105 cm³/mol. The lowest BCUT2D eigenvalue weighted by Gasteiger charge is -2.22. The van der Waals surface area contributed by atoms with Crippen LogP contribution in [0.15, 0.2) is 18.2 Å². The highest BCUT2D eigenvalue weighted by Crippen LogP contribution is 2.30. The first-order chi connectivity index (χ1) is 12.4. The molecule has 0 radical (unpaired) electrons. The molecule has 1 amide bonds. The fraction of sp³-hybridized carbons (Fsp3) is 0.619. The highest BCUT2D eigenvalue weighted by molar-refractivity contribution is 5.77. The quantitative estimate of drug-likeness (QED) is 0.442. The van der Waals surface area contributed by atoms with Crippen LogP contribution >= 0.6 is 0 Å². The molecule has 0 aromatic heterocycles. The molecule has 146 valence electrons. The van der Waals surface area contributed by atoms with Crippen molar-refractivity contribution in [1.29, 1.82) is 0 Å². The number of carbonyl (C=O) groups is 2. The molecule has 0 spiro atoms. The van der Waals surface area contributed by atoms with Crippen molar-refractivity contribution in [3.63, 3.8) is 0 Å². The van der Waals surface area contributed by atoms with E-state index in [1.165, 1.54) is 0 Å². The molecule has 0 heterocycles. The average Bonchev–Trinajstić information content (AvgIpc) is 2.56. The Morgan fingerprint density at radius 2 is 1.92 bits per heavy atom. The zero-order valence-corrected chi connectivity index (χ0v) is 16.5. The molecule has 0 aliphatic carbocycles. The van der Waals surface area contributed by atoms with Crippen LogP contribution in [0.3, 0.4) is 0 Å². The minimum atomic E-state index is -0.121. The van der Waals surface area contributed by atoms with E-state index in [-0.39, 0.29) is 17.9 Å². The molecule has 1 aromatic carbocycles. The van der Waals surface area contributed by atoms with Crippen LogP contribution in [0.25, 0.3) is 0 Å². The zero-order valence-electron chi connectivity index (χ0n) is 16.5. The minimum Gasteiger partial charge on any atom is -0.483 e. The van der Waals surface area contributed by atoms with Gasteiger partial charge in [-0.15, -0.1) is 0 Å². The summed E-state index contributed by atoms with van der Waals surface area (Å²) in [5.41, 5.74) is 8.02. The Bertz CT molecular complexity index is 565. The SMILES string of the molecule is CC(C)(C)Cc1cccc(CCN)c1OCC(=O)NCCCCCC=O. The molecule has 0 bridgehead atoms. The number of nitrogens with two attached hydrogens (primary N) is 1. The third-order valence-corrected chi connectivity index (χ3v) is 3.98. The number of carbonyl (C=O) groups excluding carboxylic acids is 2. The fourth-order valence-electron chi connectivity index (χ4n) is 2.83. The molecular weight excluding hydrogens is 328 g/mol. The highest BCUT2D eigenvalue weighted by Gasteiger charge is 2.17. The van der Waals surface area contributed by atoms with Gasteiger partial charge in [0.25, 0.3) is 5.91 Å². The summed E-state index contributed by atoms with van der Waals surface area (Å²) in [7, 11) is 0. The van der Waals surface area contributed by atoms with Crippen molar-refractivity contribution in [2.75, 3.05) is 19.7 Å². The van der Waals surface area contributed by atoms with Crippen molar-refractivity contribution >= 4 is 12.2 Å². The largest absolute Gasteiger partial charge is 0.483 e.